The summed E-state index contributed by atoms with van der Waals surface area (Å²) in [4.78, 5) is 44.3. The highest BCUT2D eigenvalue weighted by Crippen LogP contribution is 2.36. The lowest BCUT2D eigenvalue weighted by Crippen LogP contribution is -2.40. The van der Waals surface area contributed by atoms with Crippen LogP contribution in [0.25, 0.3) is 6.08 Å². The van der Waals surface area contributed by atoms with Crippen LogP contribution < -0.4 is 29.1 Å². The highest BCUT2D eigenvalue weighted by molar-refractivity contribution is 14.1. The first kappa shape index (κ1) is 35.4. The quantitative estimate of drug-likeness (QED) is 0.132. The minimum Gasteiger partial charge on any atom is -0.490 e. The molecule has 0 aliphatic carbocycles. The number of esters is 2. The summed E-state index contributed by atoms with van der Waals surface area (Å²) in [6.45, 7) is 5.84. The zero-order chi connectivity index (χ0) is 34.4. The number of hydrogen-bond donors (Lipinski definition) is 0. The van der Waals surface area contributed by atoms with E-state index in [1.807, 2.05) is 49.4 Å². The fourth-order valence-corrected chi connectivity index (χ4v) is 7.01. The van der Waals surface area contributed by atoms with Gasteiger partial charge in [0.2, 0.25) is 0 Å². The number of hydrogen-bond acceptors (Lipinski definition) is 10. The van der Waals surface area contributed by atoms with Gasteiger partial charge in [-0.1, -0.05) is 51.5 Å². The number of nitrogens with zero attached hydrogens (tertiary/aromatic N) is 2. The zero-order valence-electron chi connectivity index (χ0n) is 26.6. The van der Waals surface area contributed by atoms with E-state index in [-0.39, 0.29) is 24.3 Å². The highest BCUT2D eigenvalue weighted by atomic mass is 127. The molecule has 48 heavy (non-hydrogen) atoms. The molecular formula is C35H32BrIN2O8S. The maximum Gasteiger partial charge on any atom is 0.343 e. The van der Waals surface area contributed by atoms with E-state index in [2.05, 4.69) is 48.3 Å². The van der Waals surface area contributed by atoms with Gasteiger partial charge in [0.15, 0.2) is 22.9 Å². The van der Waals surface area contributed by atoms with Crippen molar-refractivity contribution >= 4 is 67.9 Å². The summed E-state index contributed by atoms with van der Waals surface area (Å²) < 4.78 is 31.5. The molecule has 0 fully saturated rings. The Labute approximate surface area is 302 Å². The van der Waals surface area contributed by atoms with Crippen molar-refractivity contribution in [1.29, 1.82) is 0 Å². The molecule has 3 aromatic carbocycles. The smallest absolute Gasteiger partial charge is 0.343 e. The minimum atomic E-state index is -0.856. The molecule has 250 valence electrons. The number of fused-ring (bicyclic) bond motifs is 1. The molecule has 13 heteroatoms. The summed E-state index contributed by atoms with van der Waals surface area (Å²) in [5, 5.41) is 0. The second-order valence-electron chi connectivity index (χ2n) is 10.4. The van der Waals surface area contributed by atoms with Crippen LogP contribution in [0.15, 0.2) is 86.2 Å². The van der Waals surface area contributed by atoms with Crippen LogP contribution in [0.3, 0.4) is 0 Å². The number of methoxy groups -OCH3 is 1. The maximum absolute atomic E-state index is 14.1. The first-order valence-corrected chi connectivity index (χ1v) is 17.6. The molecule has 0 spiro atoms. The first-order valence-electron chi connectivity index (χ1n) is 15.0. The van der Waals surface area contributed by atoms with Crippen LogP contribution in [-0.2, 0) is 25.7 Å². The largest absolute Gasteiger partial charge is 0.490 e. The normalized spacial score (nSPS) is 14.2. The van der Waals surface area contributed by atoms with E-state index in [0.717, 1.165) is 24.9 Å². The molecule has 0 unspecified atom stereocenters. The van der Waals surface area contributed by atoms with Crippen molar-refractivity contribution in [2.24, 2.45) is 4.99 Å². The molecule has 1 aromatic heterocycles. The third-order valence-corrected chi connectivity index (χ3v) is 9.59. The van der Waals surface area contributed by atoms with Gasteiger partial charge in [-0.2, -0.15) is 0 Å². The molecule has 1 aliphatic rings. The minimum absolute atomic E-state index is 0.152. The Hall–Kier alpha value is -3.95. The van der Waals surface area contributed by atoms with E-state index >= 15 is 0 Å². The zero-order valence-corrected chi connectivity index (χ0v) is 31.1. The summed E-state index contributed by atoms with van der Waals surface area (Å²) >= 11 is 6.90. The standard InChI is InChI=1S/C35H32BrIN2O8S/c1-5-44-28-17-23(10-14-27(28)47-19-30(40)43-4)32-31(34(42)45-6-2)20(3)38-35-39(32)33(41)29(48-35)16-22-9-13-26(25(37)15-22)46-18-21-7-11-24(36)12-8-21/h7-17,32H,5-6,18-19H2,1-4H3/b29-16-/t32-/m1/s1. The van der Waals surface area contributed by atoms with E-state index in [9.17, 15) is 14.4 Å². The molecule has 0 radical (unpaired) electrons. The molecule has 10 nitrogen and oxygen atoms in total. The first-order chi connectivity index (χ1) is 23.1. The van der Waals surface area contributed by atoms with Gasteiger partial charge in [0.05, 0.1) is 45.7 Å². The molecule has 0 saturated heterocycles. The Morgan fingerprint density at radius 1 is 0.979 bits per heavy atom. The highest BCUT2D eigenvalue weighted by Gasteiger charge is 2.34. The molecule has 0 saturated carbocycles. The molecule has 1 atom stereocenters. The maximum atomic E-state index is 14.1. The average molecular weight is 848 g/mol. The Morgan fingerprint density at radius 3 is 2.42 bits per heavy atom. The van der Waals surface area contributed by atoms with Gasteiger partial charge in [0.1, 0.15) is 12.4 Å². The van der Waals surface area contributed by atoms with E-state index in [0.29, 0.717) is 45.3 Å². The van der Waals surface area contributed by atoms with Crippen molar-refractivity contribution in [3.63, 3.8) is 0 Å². The van der Waals surface area contributed by atoms with Crippen LogP contribution in [0, 0.1) is 3.57 Å². The lowest BCUT2D eigenvalue weighted by atomic mass is 9.95. The molecule has 0 N–H and O–H groups in total. The van der Waals surface area contributed by atoms with Gasteiger partial charge < -0.3 is 23.7 Å². The van der Waals surface area contributed by atoms with Gasteiger partial charge in [-0.3, -0.25) is 9.36 Å². The van der Waals surface area contributed by atoms with Gasteiger partial charge in [-0.15, -0.1) is 0 Å². The van der Waals surface area contributed by atoms with Gasteiger partial charge in [0.25, 0.3) is 5.56 Å². The van der Waals surface area contributed by atoms with E-state index in [1.54, 1.807) is 38.1 Å². The molecule has 0 amide bonds. The second-order valence-corrected chi connectivity index (χ2v) is 13.5. The van der Waals surface area contributed by atoms with Crippen LogP contribution in [0.1, 0.15) is 43.5 Å². The number of aromatic nitrogens is 1. The Balaban J connectivity index is 1.54. The summed E-state index contributed by atoms with van der Waals surface area (Å²) in [5.41, 5.74) is 2.80. The van der Waals surface area contributed by atoms with E-state index in [4.69, 9.17) is 18.9 Å². The van der Waals surface area contributed by atoms with Gasteiger partial charge in [0, 0.05) is 4.47 Å². The van der Waals surface area contributed by atoms with Crippen molar-refractivity contribution in [3.05, 3.63) is 116 Å². The van der Waals surface area contributed by atoms with Crippen LogP contribution in [0.4, 0.5) is 0 Å². The number of carbonyl (C=O) groups excluding carboxylic acids is 2. The van der Waals surface area contributed by atoms with Crippen LogP contribution in [0.5, 0.6) is 17.2 Å². The van der Waals surface area contributed by atoms with Crippen molar-refractivity contribution in [1.82, 2.24) is 4.57 Å². The Bertz CT molecular complexity index is 2060. The topological polar surface area (TPSA) is 115 Å². The summed E-state index contributed by atoms with van der Waals surface area (Å²) in [6, 6.07) is 17.9. The number of ether oxygens (including phenoxy) is 5. The van der Waals surface area contributed by atoms with Crippen molar-refractivity contribution in [2.75, 3.05) is 26.9 Å². The average Bonchev–Trinajstić information content (AvgIpc) is 3.37. The van der Waals surface area contributed by atoms with Gasteiger partial charge >= 0.3 is 11.9 Å². The lowest BCUT2D eigenvalue weighted by molar-refractivity contribution is -0.143. The van der Waals surface area contributed by atoms with Crippen molar-refractivity contribution in [2.45, 2.75) is 33.4 Å². The molecule has 0 bridgehead atoms. The molecule has 4 aromatic rings. The Morgan fingerprint density at radius 2 is 1.73 bits per heavy atom. The third-order valence-electron chi connectivity index (χ3n) is 7.23. The van der Waals surface area contributed by atoms with E-state index in [1.165, 1.54) is 23.0 Å². The third kappa shape index (κ3) is 8.01. The number of benzene rings is 3. The number of carbonyl (C=O) groups is 2. The predicted molar refractivity (Wildman–Crippen MR) is 193 cm³/mol. The number of rotatable bonds is 12. The predicted octanol–water partition coefficient (Wildman–Crippen LogP) is 5.69. The molecule has 2 heterocycles. The summed E-state index contributed by atoms with van der Waals surface area (Å²) in [5.74, 6) is 0.271. The molecule has 1 aliphatic heterocycles. The van der Waals surface area contributed by atoms with Gasteiger partial charge in [-0.25, -0.2) is 14.6 Å². The van der Waals surface area contributed by atoms with Crippen LogP contribution >= 0.6 is 49.9 Å². The fraction of sp³-hybridized carbons (Fsp3) is 0.257. The van der Waals surface area contributed by atoms with Crippen LogP contribution in [-0.4, -0.2) is 43.4 Å². The Kier molecular flexibility index (Phi) is 11.8. The van der Waals surface area contributed by atoms with Crippen LogP contribution in [0.2, 0.25) is 0 Å². The van der Waals surface area contributed by atoms with Gasteiger partial charge in [-0.05, 0) is 103 Å². The number of halogens is 2. The molecule has 5 rings (SSSR count). The fourth-order valence-electron chi connectivity index (χ4n) is 5.00. The van der Waals surface area contributed by atoms with E-state index < -0.39 is 18.0 Å². The SMILES string of the molecule is CCOC(=O)C1=C(C)N=c2s/c(=C\c3ccc(OCc4ccc(Br)cc4)c(I)c3)c(=O)n2[C@@H]1c1ccc(OCC(=O)OC)c(OCC)c1. The summed E-state index contributed by atoms with van der Waals surface area (Å²) in [7, 11) is 1.27. The monoisotopic (exact) mass is 846 g/mol. The number of allylic oxidation sites excluding steroid dienone is 1. The van der Waals surface area contributed by atoms with Crippen molar-refractivity contribution in [3.8, 4) is 17.2 Å². The molecular weight excluding hydrogens is 815 g/mol. The van der Waals surface area contributed by atoms with Crippen molar-refractivity contribution < 1.29 is 33.3 Å². The lowest BCUT2D eigenvalue weighted by Gasteiger charge is -2.25. The summed E-state index contributed by atoms with van der Waals surface area (Å²) in [6.07, 6.45) is 1.81. The second kappa shape index (κ2) is 16.0. The number of thiazole rings is 1.